The van der Waals surface area contributed by atoms with E-state index in [4.69, 9.17) is 11.6 Å². The van der Waals surface area contributed by atoms with E-state index in [9.17, 15) is 18.4 Å². The summed E-state index contributed by atoms with van der Waals surface area (Å²) in [4.78, 5) is 26.4. The number of rotatable bonds is 4. The molecule has 0 unspecified atom stereocenters. The van der Waals surface area contributed by atoms with E-state index < -0.39 is 17.5 Å². The molecule has 3 rings (SSSR count). The molecule has 0 aromatic heterocycles. The van der Waals surface area contributed by atoms with Gasteiger partial charge in [0.25, 0.3) is 11.8 Å². The van der Waals surface area contributed by atoms with Crippen molar-refractivity contribution >= 4 is 23.4 Å². The van der Waals surface area contributed by atoms with E-state index in [1.54, 1.807) is 29.2 Å². The number of hydrogen-bond donors (Lipinski definition) is 1. The minimum absolute atomic E-state index is 0.0284. The molecule has 7 heteroatoms. The lowest BCUT2D eigenvalue weighted by atomic mass is 10.1. The molecule has 26 heavy (non-hydrogen) atoms. The molecule has 0 spiro atoms. The van der Waals surface area contributed by atoms with Crippen LogP contribution in [0.2, 0.25) is 5.02 Å². The fourth-order valence-electron chi connectivity index (χ4n) is 2.89. The normalized spacial score (nSPS) is 13.7. The molecule has 136 valence electrons. The molecule has 4 nitrogen and oxygen atoms in total. The quantitative estimate of drug-likeness (QED) is 0.823. The standard InChI is InChI=1S/C19H17ClF2N2O2/c20-15-10-17(22)16(21)9-14(15)18(25)23-11-12-4-3-5-13(8-12)19(26)24-6-1-2-7-24/h3-5,8-10H,1-2,6-7,11H2,(H,23,25). The Morgan fingerprint density at radius 3 is 2.50 bits per heavy atom. The van der Waals surface area contributed by atoms with Gasteiger partial charge in [0.1, 0.15) is 0 Å². The average Bonchev–Trinajstić information content (AvgIpc) is 3.17. The molecule has 0 saturated carbocycles. The Balaban J connectivity index is 1.68. The number of hydrogen-bond acceptors (Lipinski definition) is 2. The SMILES string of the molecule is O=C(NCc1cccc(C(=O)N2CCCC2)c1)c1cc(F)c(F)cc1Cl. The van der Waals surface area contributed by atoms with Crippen molar-refractivity contribution in [1.29, 1.82) is 0 Å². The molecule has 1 aliphatic heterocycles. The summed E-state index contributed by atoms with van der Waals surface area (Å²) >= 11 is 5.80. The van der Waals surface area contributed by atoms with Gasteiger partial charge in [0, 0.05) is 25.2 Å². The van der Waals surface area contributed by atoms with E-state index in [0.29, 0.717) is 5.56 Å². The molecule has 1 saturated heterocycles. The van der Waals surface area contributed by atoms with Gasteiger partial charge in [0.15, 0.2) is 11.6 Å². The molecule has 1 heterocycles. The van der Waals surface area contributed by atoms with Crippen molar-refractivity contribution in [3.8, 4) is 0 Å². The number of carbonyl (C=O) groups excluding carboxylic acids is 2. The van der Waals surface area contributed by atoms with Gasteiger partial charge in [-0.3, -0.25) is 9.59 Å². The second-order valence-corrected chi connectivity index (χ2v) is 6.54. The lowest BCUT2D eigenvalue weighted by Crippen LogP contribution is -2.28. The smallest absolute Gasteiger partial charge is 0.253 e. The number of nitrogens with zero attached hydrogens (tertiary/aromatic N) is 1. The maximum Gasteiger partial charge on any atom is 0.253 e. The van der Waals surface area contributed by atoms with Crippen molar-refractivity contribution in [3.63, 3.8) is 0 Å². The number of nitrogens with one attached hydrogen (secondary N) is 1. The third-order valence-electron chi connectivity index (χ3n) is 4.27. The van der Waals surface area contributed by atoms with Gasteiger partial charge in [-0.2, -0.15) is 0 Å². The predicted octanol–water partition coefficient (Wildman–Crippen LogP) is 3.78. The lowest BCUT2D eigenvalue weighted by molar-refractivity contribution is 0.0792. The molecule has 1 N–H and O–H groups in total. The third-order valence-corrected chi connectivity index (χ3v) is 4.59. The van der Waals surface area contributed by atoms with Gasteiger partial charge >= 0.3 is 0 Å². The van der Waals surface area contributed by atoms with Crippen LogP contribution < -0.4 is 5.32 Å². The maximum atomic E-state index is 13.3. The zero-order valence-corrected chi connectivity index (χ0v) is 14.7. The first-order valence-electron chi connectivity index (χ1n) is 8.26. The molecule has 2 aromatic carbocycles. The van der Waals surface area contributed by atoms with Crippen molar-refractivity contribution in [2.75, 3.05) is 13.1 Å². The van der Waals surface area contributed by atoms with Crippen LogP contribution >= 0.6 is 11.6 Å². The average molecular weight is 379 g/mol. The van der Waals surface area contributed by atoms with E-state index in [1.165, 1.54) is 0 Å². The highest BCUT2D eigenvalue weighted by Gasteiger charge is 2.20. The van der Waals surface area contributed by atoms with Gasteiger partial charge in [0.2, 0.25) is 0 Å². The summed E-state index contributed by atoms with van der Waals surface area (Å²) < 4.78 is 26.4. The van der Waals surface area contributed by atoms with Gasteiger partial charge in [-0.05, 0) is 42.7 Å². The first-order chi connectivity index (χ1) is 12.5. The van der Waals surface area contributed by atoms with Crippen LogP contribution in [0.5, 0.6) is 0 Å². The number of carbonyl (C=O) groups is 2. The van der Waals surface area contributed by atoms with Crippen molar-refractivity contribution < 1.29 is 18.4 Å². The second-order valence-electron chi connectivity index (χ2n) is 6.13. The minimum Gasteiger partial charge on any atom is -0.348 e. The maximum absolute atomic E-state index is 13.3. The summed E-state index contributed by atoms with van der Waals surface area (Å²) in [6, 6.07) is 8.50. The third kappa shape index (κ3) is 4.02. The predicted molar refractivity (Wildman–Crippen MR) is 94.1 cm³/mol. The Hall–Kier alpha value is -2.47. The first-order valence-corrected chi connectivity index (χ1v) is 8.64. The van der Waals surface area contributed by atoms with Gasteiger partial charge < -0.3 is 10.2 Å². The van der Waals surface area contributed by atoms with Gasteiger partial charge in [0.05, 0.1) is 10.6 Å². The zero-order valence-electron chi connectivity index (χ0n) is 13.9. The first kappa shape index (κ1) is 18.3. The fraction of sp³-hybridized carbons (Fsp3) is 0.263. The number of benzene rings is 2. The Labute approximate surface area is 154 Å². The zero-order chi connectivity index (χ0) is 18.7. The molecule has 0 radical (unpaired) electrons. The summed E-state index contributed by atoms with van der Waals surface area (Å²) in [6.45, 7) is 1.65. The largest absolute Gasteiger partial charge is 0.348 e. The topological polar surface area (TPSA) is 49.4 Å². The molecule has 0 atom stereocenters. The molecular weight excluding hydrogens is 362 g/mol. The molecular formula is C19H17ClF2N2O2. The monoisotopic (exact) mass is 378 g/mol. The van der Waals surface area contributed by atoms with E-state index in [-0.39, 0.29) is 23.0 Å². The molecule has 2 aromatic rings. The van der Waals surface area contributed by atoms with Crippen molar-refractivity contribution in [2.45, 2.75) is 19.4 Å². The van der Waals surface area contributed by atoms with Gasteiger partial charge in [-0.15, -0.1) is 0 Å². The minimum atomic E-state index is -1.14. The fourth-order valence-corrected chi connectivity index (χ4v) is 3.13. The summed E-state index contributed by atoms with van der Waals surface area (Å²) in [7, 11) is 0. The lowest BCUT2D eigenvalue weighted by Gasteiger charge is -2.15. The van der Waals surface area contributed by atoms with E-state index >= 15 is 0 Å². The molecule has 1 aliphatic rings. The van der Waals surface area contributed by atoms with Crippen LogP contribution in [0.15, 0.2) is 36.4 Å². The number of likely N-dealkylation sites (tertiary alicyclic amines) is 1. The van der Waals surface area contributed by atoms with Crippen LogP contribution in [0.3, 0.4) is 0 Å². The highest BCUT2D eigenvalue weighted by Crippen LogP contribution is 2.20. The summed E-state index contributed by atoms with van der Waals surface area (Å²) in [5.74, 6) is -2.90. The molecule has 2 amide bonds. The Bertz CT molecular complexity index is 851. The van der Waals surface area contributed by atoms with Crippen molar-refractivity contribution in [2.24, 2.45) is 0 Å². The van der Waals surface area contributed by atoms with Crippen molar-refractivity contribution in [3.05, 3.63) is 69.7 Å². The number of amides is 2. The van der Waals surface area contributed by atoms with E-state index in [2.05, 4.69) is 5.32 Å². The van der Waals surface area contributed by atoms with Crippen LogP contribution in [0.1, 0.15) is 39.1 Å². The van der Waals surface area contributed by atoms with E-state index in [0.717, 1.165) is 43.6 Å². The van der Waals surface area contributed by atoms with Crippen LogP contribution in [-0.4, -0.2) is 29.8 Å². The summed E-state index contributed by atoms with van der Waals surface area (Å²) in [5.41, 5.74) is 1.14. The second kappa shape index (κ2) is 7.83. The van der Waals surface area contributed by atoms with Crippen LogP contribution in [0, 0.1) is 11.6 Å². The van der Waals surface area contributed by atoms with Crippen LogP contribution in [0.25, 0.3) is 0 Å². The Kier molecular flexibility index (Phi) is 5.52. The number of halogens is 3. The highest BCUT2D eigenvalue weighted by molar-refractivity contribution is 6.33. The Morgan fingerprint density at radius 1 is 1.08 bits per heavy atom. The Morgan fingerprint density at radius 2 is 1.77 bits per heavy atom. The highest BCUT2D eigenvalue weighted by atomic mass is 35.5. The van der Waals surface area contributed by atoms with Crippen molar-refractivity contribution in [1.82, 2.24) is 10.2 Å². The molecule has 0 aliphatic carbocycles. The van der Waals surface area contributed by atoms with Crippen LogP contribution in [0.4, 0.5) is 8.78 Å². The van der Waals surface area contributed by atoms with Gasteiger partial charge in [-0.25, -0.2) is 8.78 Å². The summed E-state index contributed by atoms with van der Waals surface area (Å²) in [5, 5.41) is 2.43. The van der Waals surface area contributed by atoms with Gasteiger partial charge in [-0.1, -0.05) is 23.7 Å². The molecule has 0 bridgehead atoms. The van der Waals surface area contributed by atoms with Crippen LogP contribution in [-0.2, 0) is 6.54 Å². The summed E-state index contributed by atoms with van der Waals surface area (Å²) in [6.07, 6.45) is 2.02. The van der Waals surface area contributed by atoms with E-state index in [1.807, 2.05) is 0 Å². The molecule has 1 fully saturated rings.